The van der Waals surface area contributed by atoms with Crippen LogP contribution < -0.4 is 5.32 Å². The van der Waals surface area contributed by atoms with Crippen LogP contribution in [-0.2, 0) is 6.42 Å². The summed E-state index contributed by atoms with van der Waals surface area (Å²) in [6.07, 6.45) is 1.14. The molecule has 1 heterocycles. The highest BCUT2D eigenvalue weighted by molar-refractivity contribution is 8.06. The molecular weight excluding hydrogens is 306 g/mol. The van der Waals surface area contributed by atoms with E-state index in [4.69, 9.17) is 11.6 Å². The predicted octanol–water partition coefficient (Wildman–Crippen LogP) is 4.40. The first-order chi connectivity index (χ1) is 9.56. The molecule has 0 radical (unpaired) electrons. The van der Waals surface area contributed by atoms with Crippen LogP contribution in [0.25, 0.3) is 0 Å². The summed E-state index contributed by atoms with van der Waals surface area (Å²) in [6, 6.07) is 6.81. The lowest BCUT2D eigenvalue weighted by Gasteiger charge is -2.31. The van der Waals surface area contributed by atoms with Crippen LogP contribution in [-0.4, -0.2) is 29.1 Å². The lowest BCUT2D eigenvalue weighted by molar-refractivity contribution is 0.271. The maximum atomic E-state index is 6.20. The van der Waals surface area contributed by atoms with E-state index in [1.165, 1.54) is 28.4 Å². The van der Waals surface area contributed by atoms with Crippen LogP contribution in [0.1, 0.15) is 31.0 Å². The topological polar surface area (TPSA) is 12.0 Å². The average Bonchev–Trinajstić information content (AvgIpc) is 2.67. The van der Waals surface area contributed by atoms with Crippen molar-refractivity contribution in [3.05, 3.63) is 34.3 Å². The summed E-state index contributed by atoms with van der Waals surface area (Å²) in [6.45, 7) is 5.83. The molecule has 110 valence electrons. The Balaban J connectivity index is 1.72. The van der Waals surface area contributed by atoms with Gasteiger partial charge in [0.25, 0.3) is 0 Å². The zero-order valence-corrected chi connectivity index (χ0v) is 14.5. The lowest BCUT2D eigenvalue weighted by atomic mass is 9.85. The van der Waals surface area contributed by atoms with E-state index in [0.717, 1.165) is 23.2 Å². The first-order valence-electron chi connectivity index (χ1n) is 7.27. The standard InChI is InChI=1S/C16H22ClNS2/c1-16(2)8-11-3-4-12(17)7-14(11)15(16)18-9-13-10-19-5-6-20-13/h3-4,7,13,15,18H,5-6,8-10H2,1-2H3. The maximum Gasteiger partial charge on any atom is 0.0409 e. The minimum absolute atomic E-state index is 0.277. The van der Waals surface area contributed by atoms with Gasteiger partial charge in [-0.3, -0.25) is 0 Å². The van der Waals surface area contributed by atoms with Crippen LogP contribution in [0.5, 0.6) is 0 Å². The van der Waals surface area contributed by atoms with Crippen molar-refractivity contribution in [1.82, 2.24) is 5.32 Å². The monoisotopic (exact) mass is 327 g/mol. The van der Waals surface area contributed by atoms with E-state index in [-0.39, 0.29) is 5.41 Å². The summed E-state index contributed by atoms with van der Waals surface area (Å²) in [5, 5.41) is 5.45. The van der Waals surface area contributed by atoms with Crippen LogP contribution in [0.3, 0.4) is 0 Å². The Bertz CT molecular complexity index is 483. The van der Waals surface area contributed by atoms with Gasteiger partial charge in [0, 0.05) is 40.1 Å². The van der Waals surface area contributed by atoms with Crippen LogP contribution in [0, 0.1) is 5.41 Å². The van der Waals surface area contributed by atoms with E-state index < -0.39 is 0 Å². The lowest BCUT2D eigenvalue weighted by Crippen LogP contribution is -2.37. The van der Waals surface area contributed by atoms with E-state index in [1.54, 1.807) is 0 Å². The third-order valence-corrected chi connectivity index (χ3v) is 7.36. The summed E-state index contributed by atoms with van der Waals surface area (Å²) < 4.78 is 0. The van der Waals surface area contributed by atoms with E-state index in [0.29, 0.717) is 6.04 Å². The Morgan fingerprint density at radius 1 is 1.35 bits per heavy atom. The molecule has 0 aromatic heterocycles. The van der Waals surface area contributed by atoms with Crippen molar-refractivity contribution in [3.63, 3.8) is 0 Å². The van der Waals surface area contributed by atoms with E-state index in [9.17, 15) is 0 Å². The van der Waals surface area contributed by atoms with E-state index in [2.05, 4.69) is 54.8 Å². The number of benzene rings is 1. The van der Waals surface area contributed by atoms with Crippen molar-refractivity contribution in [1.29, 1.82) is 0 Å². The number of hydrogen-bond donors (Lipinski definition) is 1. The second kappa shape index (κ2) is 6.12. The molecule has 3 rings (SSSR count). The number of hydrogen-bond acceptors (Lipinski definition) is 3. The van der Waals surface area contributed by atoms with Gasteiger partial charge in [-0.25, -0.2) is 0 Å². The van der Waals surface area contributed by atoms with E-state index >= 15 is 0 Å². The van der Waals surface area contributed by atoms with Crippen LogP contribution in [0.2, 0.25) is 5.02 Å². The zero-order valence-electron chi connectivity index (χ0n) is 12.1. The fourth-order valence-corrected chi connectivity index (χ4v) is 6.10. The van der Waals surface area contributed by atoms with Crippen molar-refractivity contribution in [2.45, 2.75) is 31.6 Å². The average molecular weight is 328 g/mol. The van der Waals surface area contributed by atoms with Crippen molar-refractivity contribution in [2.75, 3.05) is 23.8 Å². The molecule has 2 atom stereocenters. The molecule has 0 spiro atoms. The highest BCUT2D eigenvalue weighted by atomic mass is 35.5. The third-order valence-electron chi connectivity index (χ3n) is 4.28. The summed E-state index contributed by atoms with van der Waals surface area (Å²) >= 11 is 10.4. The Morgan fingerprint density at radius 2 is 2.20 bits per heavy atom. The molecule has 1 aromatic carbocycles. The molecule has 1 N–H and O–H groups in total. The molecule has 0 saturated carbocycles. The van der Waals surface area contributed by atoms with Gasteiger partial charge in [-0.05, 0) is 35.1 Å². The fraction of sp³-hybridized carbons (Fsp3) is 0.625. The molecule has 1 aliphatic carbocycles. The molecular formula is C16H22ClNS2. The molecule has 1 aromatic rings. The molecule has 1 fully saturated rings. The van der Waals surface area contributed by atoms with Gasteiger partial charge in [0.1, 0.15) is 0 Å². The first kappa shape index (κ1) is 15.1. The third kappa shape index (κ3) is 3.16. The molecule has 2 unspecified atom stereocenters. The van der Waals surface area contributed by atoms with Gasteiger partial charge in [-0.15, -0.1) is 0 Å². The number of rotatable bonds is 3. The van der Waals surface area contributed by atoms with Gasteiger partial charge in [-0.2, -0.15) is 23.5 Å². The summed E-state index contributed by atoms with van der Waals surface area (Å²) in [5.74, 6) is 3.90. The maximum absolute atomic E-state index is 6.20. The fourth-order valence-electron chi connectivity index (χ4n) is 3.30. The van der Waals surface area contributed by atoms with E-state index in [1.807, 2.05) is 6.07 Å². The van der Waals surface area contributed by atoms with Gasteiger partial charge in [0.05, 0.1) is 0 Å². The van der Waals surface area contributed by atoms with Gasteiger partial charge >= 0.3 is 0 Å². The van der Waals surface area contributed by atoms with Crippen molar-refractivity contribution in [2.24, 2.45) is 5.41 Å². The highest BCUT2D eigenvalue weighted by Crippen LogP contribution is 2.46. The molecule has 1 nitrogen and oxygen atoms in total. The van der Waals surface area contributed by atoms with Gasteiger partial charge in [-0.1, -0.05) is 31.5 Å². The predicted molar refractivity (Wildman–Crippen MR) is 93.3 cm³/mol. The smallest absolute Gasteiger partial charge is 0.0409 e. The summed E-state index contributed by atoms with van der Waals surface area (Å²) in [5.41, 5.74) is 3.15. The van der Waals surface area contributed by atoms with Crippen LogP contribution >= 0.6 is 35.1 Å². The second-order valence-corrected chi connectivity index (χ2v) is 9.41. The summed E-state index contributed by atoms with van der Waals surface area (Å²) in [4.78, 5) is 0. The first-order valence-corrected chi connectivity index (χ1v) is 9.85. The number of thioether (sulfide) groups is 2. The number of halogens is 1. The molecule has 1 saturated heterocycles. The summed E-state index contributed by atoms with van der Waals surface area (Å²) in [7, 11) is 0. The van der Waals surface area contributed by atoms with Gasteiger partial charge < -0.3 is 5.32 Å². The number of nitrogens with one attached hydrogen (secondary N) is 1. The Kier molecular flexibility index (Phi) is 4.61. The molecule has 0 amide bonds. The van der Waals surface area contributed by atoms with Crippen LogP contribution in [0.4, 0.5) is 0 Å². The SMILES string of the molecule is CC1(C)Cc2ccc(Cl)cc2C1NCC1CSCCS1. The van der Waals surface area contributed by atoms with Crippen molar-refractivity contribution < 1.29 is 0 Å². The molecule has 0 bridgehead atoms. The molecule has 1 aliphatic heterocycles. The normalized spacial score (nSPS) is 28.4. The molecule has 2 aliphatic rings. The molecule has 4 heteroatoms. The quantitative estimate of drug-likeness (QED) is 0.883. The largest absolute Gasteiger partial charge is 0.308 e. The Hall–Kier alpha value is 0.170. The second-order valence-electron chi connectivity index (χ2n) is 6.42. The minimum atomic E-state index is 0.277. The Morgan fingerprint density at radius 3 is 2.95 bits per heavy atom. The van der Waals surface area contributed by atoms with Crippen molar-refractivity contribution >= 4 is 35.1 Å². The highest BCUT2D eigenvalue weighted by Gasteiger charge is 2.38. The van der Waals surface area contributed by atoms with Gasteiger partial charge in [0.2, 0.25) is 0 Å². The molecule has 20 heavy (non-hydrogen) atoms. The number of fused-ring (bicyclic) bond motifs is 1. The van der Waals surface area contributed by atoms with Gasteiger partial charge in [0.15, 0.2) is 0 Å². The Labute approximate surface area is 135 Å². The zero-order chi connectivity index (χ0) is 14.2. The minimum Gasteiger partial charge on any atom is -0.308 e. The van der Waals surface area contributed by atoms with Crippen LogP contribution in [0.15, 0.2) is 18.2 Å². The van der Waals surface area contributed by atoms with Crippen molar-refractivity contribution in [3.8, 4) is 0 Å².